The molecule has 21 heavy (non-hydrogen) atoms. The fourth-order valence-electron chi connectivity index (χ4n) is 3.38. The van der Waals surface area contributed by atoms with E-state index in [4.69, 9.17) is 6.42 Å². The summed E-state index contributed by atoms with van der Waals surface area (Å²) in [7, 11) is 0. The molecule has 3 atom stereocenters. The molecule has 1 fully saturated rings. The molecule has 1 aromatic carbocycles. The lowest BCUT2D eigenvalue weighted by molar-refractivity contribution is -0.105. The van der Waals surface area contributed by atoms with Gasteiger partial charge in [0, 0.05) is 18.5 Å². The third-order valence-electron chi connectivity index (χ3n) is 4.77. The SMILES string of the molecule is Br.C#CC(C)(C)N1CC(C)C(O)(c2ccccc2)CC1C. The average Bonchev–Trinajstić information content (AvgIpc) is 2.43. The quantitative estimate of drug-likeness (QED) is 0.823. The van der Waals surface area contributed by atoms with Gasteiger partial charge in [-0.2, -0.15) is 0 Å². The minimum absolute atomic E-state index is 0. The van der Waals surface area contributed by atoms with E-state index in [0.717, 1.165) is 12.1 Å². The van der Waals surface area contributed by atoms with E-state index in [1.807, 2.05) is 30.3 Å². The summed E-state index contributed by atoms with van der Waals surface area (Å²) in [6, 6.07) is 10.3. The Labute approximate surface area is 139 Å². The van der Waals surface area contributed by atoms with E-state index in [2.05, 4.69) is 38.5 Å². The van der Waals surface area contributed by atoms with E-state index in [1.54, 1.807) is 0 Å². The van der Waals surface area contributed by atoms with Crippen LogP contribution in [-0.4, -0.2) is 28.1 Å². The number of hydrogen-bond donors (Lipinski definition) is 1. The van der Waals surface area contributed by atoms with Crippen LogP contribution in [0.3, 0.4) is 0 Å². The van der Waals surface area contributed by atoms with Gasteiger partial charge in [0.1, 0.15) is 0 Å². The van der Waals surface area contributed by atoms with Gasteiger partial charge in [0.15, 0.2) is 0 Å². The number of piperidine rings is 1. The second-order valence-corrected chi connectivity index (χ2v) is 6.60. The van der Waals surface area contributed by atoms with Crippen molar-refractivity contribution in [1.82, 2.24) is 4.90 Å². The van der Waals surface area contributed by atoms with Crippen LogP contribution < -0.4 is 0 Å². The van der Waals surface area contributed by atoms with Gasteiger partial charge in [-0.15, -0.1) is 23.4 Å². The molecule has 116 valence electrons. The largest absolute Gasteiger partial charge is 0.385 e. The lowest BCUT2D eigenvalue weighted by atomic mass is 9.73. The summed E-state index contributed by atoms with van der Waals surface area (Å²) in [6.45, 7) is 9.22. The number of aliphatic hydroxyl groups is 1. The van der Waals surface area contributed by atoms with Crippen molar-refractivity contribution in [2.75, 3.05) is 6.54 Å². The van der Waals surface area contributed by atoms with Crippen LogP contribution in [0.4, 0.5) is 0 Å². The van der Waals surface area contributed by atoms with E-state index >= 15 is 0 Å². The molecule has 1 N–H and O–H groups in total. The first-order valence-electron chi connectivity index (χ1n) is 7.33. The zero-order chi connectivity index (χ0) is 15.0. The minimum atomic E-state index is -0.762. The van der Waals surface area contributed by atoms with Crippen LogP contribution in [0.15, 0.2) is 30.3 Å². The normalized spacial score (nSPS) is 30.3. The van der Waals surface area contributed by atoms with E-state index in [0.29, 0.717) is 6.42 Å². The Bertz CT molecular complexity index is 508. The molecule has 0 aliphatic carbocycles. The fourth-order valence-corrected chi connectivity index (χ4v) is 3.38. The molecule has 0 bridgehead atoms. The molecular weight excluding hydrogens is 326 g/mol. The summed E-state index contributed by atoms with van der Waals surface area (Å²) in [4.78, 5) is 2.33. The summed E-state index contributed by atoms with van der Waals surface area (Å²) in [5, 5.41) is 11.2. The highest BCUT2D eigenvalue weighted by molar-refractivity contribution is 8.93. The fraction of sp³-hybridized carbons (Fsp3) is 0.556. The van der Waals surface area contributed by atoms with Crippen LogP contribution >= 0.6 is 17.0 Å². The van der Waals surface area contributed by atoms with Crippen molar-refractivity contribution >= 4 is 17.0 Å². The molecule has 3 unspecified atom stereocenters. The highest BCUT2D eigenvalue weighted by Crippen LogP contribution is 2.41. The smallest absolute Gasteiger partial charge is 0.0948 e. The van der Waals surface area contributed by atoms with E-state index in [1.165, 1.54) is 0 Å². The lowest BCUT2D eigenvalue weighted by Gasteiger charge is -2.51. The molecule has 1 saturated heterocycles. The van der Waals surface area contributed by atoms with Crippen molar-refractivity contribution in [3.8, 4) is 12.3 Å². The Morgan fingerprint density at radius 1 is 1.29 bits per heavy atom. The van der Waals surface area contributed by atoms with Crippen LogP contribution in [0, 0.1) is 18.3 Å². The number of nitrogens with zero attached hydrogens (tertiary/aromatic N) is 1. The highest BCUT2D eigenvalue weighted by atomic mass is 79.9. The molecule has 2 nitrogen and oxygen atoms in total. The molecule has 1 aromatic rings. The Kier molecular flexibility index (Phi) is 5.66. The zero-order valence-corrected chi connectivity index (χ0v) is 15.0. The van der Waals surface area contributed by atoms with Crippen molar-refractivity contribution in [3.63, 3.8) is 0 Å². The maximum atomic E-state index is 11.2. The maximum Gasteiger partial charge on any atom is 0.0948 e. The van der Waals surface area contributed by atoms with Gasteiger partial charge in [0.2, 0.25) is 0 Å². The molecule has 0 saturated carbocycles. The standard InChI is InChI=1S/C18H25NO.BrH/c1-6-17(4,5)19-13-14(2)18(20,12-15(19)3)16-10-8-7-9-11-16;/h1,7-11,14-15,20H,12-13H2,2-5H3;1H. The monoisotopic (exact) mass is 351 g/mol. The van der Waals surface area contributed by atoms with Gasteiger partial charge in [-0.05, 0) is 32.8 Å². The number of rotatable bonds is 2. The molecule has 0 radical (unpaired) electrons. The summed E-state index contributed by atoms with van der Waals surface area (Å²) in [5.41, 5.74) is -0.0226. The summed E-state index contributed by atoms with van der Waals surface area (Å²) in [6.07, 6.45) is 6.38. The van der Waals surface area contributed by atoms with Gasteiger partial charge < -0.3 is 5.11 Å². The minimum Gasteiger partial charge on any atom is -0.385 e. The molecule has 0 amide bonds. The number of hydrogen-bond acceptors (Lipinski definition) is 2. The molecule has 1 aliphatic heterocycles. The van der Waals surface area contributed by atoms with Crippen molar-refractivity contribution in [2.45, 2.75) is 51.3 Å². The molecule has 1 heterocycles. The zero-order valence-electron chi connectivity index (χ0n) is 13.3. The third kappa shape index (κ3) is 3.34. The number of halogens is 1. The molecule has 1 aliphatic rings. The molecular formula is C18H26BrNO. The van der Waals surface area contributed by atoms with Gasteiger partial charge in [-0.3, -0.25) is 4.90 Å². The molecule has 3 heteroatoms. The maximum absolute atomic E-state index is 11.2. The second kappa shape index (κ2) is 6.52. The van der Waals surface area contributed by atoms with E-state index in [-0.39, 0.29) is 34.5 Å². The van der Waals surface area contributed by atoms with Crippen LogP contribution in [0.5, 0.6) is 0 Å². The lowest BCUT2D eigenvalue weighted by Crippen LogP contribution is -2.59. The van der Waals surface area contributed by atoms with Gasteiger partial charge >= 0.3 is 0 Å². The Morgan fingerprint density at radius 3 is 2.38 bits per heavy atom. The van der Waals surface area contributed by atoms with Crippen molar-refractivity contribution < 1.29 is 5.11 Å². The van der Waals surface area contributed by atoms with E-state index in [9.17, 15) is 5.11 Å². The third-order valence-corrected chi connectivity index (χ3v) is 4.77. The molecule has 2 rings (SSSR count). The van der Waals surface area contributed by atoms with E-state index < -0.39 is 5.60 Å². The Morgan fingerprint density at radius 2 is 1.86 bits per heavy atom. The van der Waals surface area contributed by atoms with Gasteiger partial charge in [-0.1, -0.05) is 43.2 Å². The summed E-state index contributed by atoms with van der Waals surface area (Å²) in [5.74, 6) is 3.02. The predicted octanol–water partition coefficient (Wildman–Crippen LogP) is 3.59. The van der Waals surface area contributed by atoms with Crippen LogP contribution in [0.1, 0.15) is 39.7 Å². The summed E-state index contributed by atoms with van der Waals surface area (Å²) >= 11 is 0. The first-order valence-corrected chi connectivity index (χ1v) is 7.33. The van der Waals surface area contributed by atoms with Gasteiger partial charge in [-0.25, -0.2) is 0 Å². The predicted molar refractivity (Wildman–Crippen MR) is 93.5 cm³/mol. The topological polar surface area (TPSA) is 23.5 Å². The number of terminal acetylenes is 1. The first kappa shape index (κ1) is 18.2. The van der Waals surface area contributed by atoms with Crippen LogP contribution in [-0.2, 0) is 5.60 Å². The van der Waals surface area contributed by atoms with Crippen molar-refractivity contribution in [3.05, 3.63) is 35.9 Å². The number of likely N-dealkylation sites (tertiary alicyclic amines) is 1. The number of benzene rings is 1. The molecule has 0 spiro atoms. The van der Waals surface area contributed by atoms with Crippen LogP contribution in [0.25, 0.3) is 0 Å². The Hall–Kier alpha value is -0.820. The van der Waals surface area contributed by atoms with Crippen molar-refractivity contribution in [2.24, 2.45) is 5.92 Å². The molecule has 0 aromatic heterocycles. The van der Waals surface area contributed by atoms with Gasteiger partial charge in [0.05, 0.1) is 11.1 Å². The Balaban J connectivity index is 0.00000220. The highest BCUT2D eigenvalue weighted by Gasteiger charge is 2.46. The van der Waals surface area contributed by atoms with Crippen LogP contribution in [0.2, 0.25) is 0 Å². The average molecular weight is 352 g/mol. The van der Waals surface area contributed by atoms with Gasteiger partial charge in [0.25, 0.3) is 0 Å². The second-order valence-electron chi connectivity index (χ2n) is 6.60. The van der Waals surface area contributed by atoms with Crippen molar-refractivity contribution in [1.29, 1.82) is 0 Å². The first-order chi connectivity index (χ1) is 9.31. The summed E-state index contributed by atoms with van der Waals surface area (Å²) < 4.78 is 0.